The summed E-state index contributed by atoms with van der Waals surface area (Å²) in [5.74, 6) is -9.28. The number of primary amides is 2. The Morgan fingerprint density at radius 2 is 0.958 bits per heavy atom. The standard InChI is InChI=1S/C65H85ClN16O13/c1-36(2)28-49(58(89)76-47(13-8-26-72-64(68)69)56(87)74-37(3)55(67)86)78-57(88)48(14-9-27-73-65(70)95)77-60(91)51(31-40-18-23-46(85)24-19-40)81-63(94)54(35-83)82-62(93)53(33-42-10-7-25-71-34-42)80-61(92)52(30-39-16-21-45(66)22-17-39)79-59(90)50(75-38(4)84)32-41-15-20-43-11-5-6-12-44(43)29-41/h5-7,10-12,15-25,29,34,36-37,47-54,83,85H,8-9,13-14,26-28,30-33,35H2,1-4H3,(H2,67,86)(H,74,87)(H,75,84)(H,76,89)(H,77,91)(H,78,88)(H,79,90)(H,80,92)(H,81,94)(H,82,93)(H4,68,69,72)(H3,70,73,95)/t37-,47+,48-,49+,50-,51+,52-,53-,54+/m1/s1. The monoisotopic (exact) mass is 1330 g/mol. The molecule has 0 bridgehead atoms. The number of aliphatic imine (C=N–C) groups is 1. The summed E-state index contributed by atoms with van der Waals surface area (Å²) < 4.78 is 0. The van der Waals surface area contributed by atoms with E-state index in [1.807, 2.05) is 42.5 Å². The highest BCUT2D eigenvalue weighted by atomic mass is 35.5. The van der Waals surface area contributed by atoms with Crippen LogP contribution in [0.2, 0.25) is 5.02 Å². The number of pyridine rings is 1. The van der Waals surface area contributed by atoms with Crippen molar-refractivity contribution in [2.45, 2.75) is 140 Å². The van der Waals surface area contributed by atoms with E-state index in [1.54, 1.807) is 50.2 Å². The molecule has 0 aliphatic carbocycles. The van der Waals surface area contributed by atoms with Crippen molar-refractivity contribution < 1.29 is 63.0 Å². The number of aliphatic hydroxyl groups is 1. The summed E-state index contributed by atoms with van der Waals surface area (Å²) in [7, 11) is 0. The average molecular weight is 1330 g/mol. The van der Waals surface area contributed by atoms with Gasteiger partial charge in [0.15, 0.2) is 5.96 Å². The third-order valence-corrected chi connectivity index (χ3v) is 15.1. The van der Waals surface area contributed by atoms with Gasteiger partial charge in [0.1, 0.15) is 60.1 Å². The predicted molar refractivity (Wildman–Crippen MR) is 354 cm³/mol. The van der Waals surface area contributed by atoms with Gasteiger partial charge in [0.25, 0.3) is 0 Å². The smallest absolute Gasteiger partial charge is 0.312 e. The highest BCUT2D eigenvalue weighted by Crippen LogP contribution is 2.19. The molecule has 0 spiro atoms. The minimum absolute atomic E-state index is 0.00366. The number of nitrogens with zero attached hydrogens (tertiary/aromatic N) is 2. The third-order valence-electron chi connectivity index (χ3n) is 14.9. The van der Waals surface area contributed by atoms with Gasteiger partial charge in [-0.3, -0.25) is 57.9 Å². The van der Waals surface area contributed by atoms with Gasteiger partial charge < -0.3 is 86.3 Å². The Bertz CT molecular complexity index is 3490. The molecule has 95 heavy (non-hydrogen) atoms. The quantitative estimate of drug-likeness (QED) is 0.0133. The summed E-state index contributed by atoms with van der Waals surface area (Å²) in [6, 6.07) is 14.6. The fourth-order valence-electron chi connectivity index (χ4n) is 9.91. The fraction of sp³-hybridized carbons (Fsp3) is 0.400. The number of carbonyl (C=O) groups excluding carboxylic acids is 11. The number of carbonyl (C=O) groups is 11. The number of phenolic OH excluding ortho intramolecular Hbond substituents is 1. The molecule has 5 rings (SSSR count). The van der Waals surface area contributed by atoms with E-state index in [0.717, 1.165) is 10.8 Å². The number of nitrogens with one attached hydrogen (secondary N) is 10. The van der Waals surface area contributed by atoms with Crippen LogP contribution >= 0.6 is 11.6 Å². The second-order valence-electron chi connectivity index (χ2n) is 23.2. The molecule has 0 unspecified atom stereocenters. The maximum Gasteiger partial charge on any atom is 0.312 e. The molecular formula is C65H85ClN16O13. The molecule has 510 valence electrons. The predicted octanol–water partition coefficient (Wildman–Crippen LogP) is -0.707. The molecule has 1 aromatic heterocycles. The summed E-state index contributed by atoms with van der Waals surface area (Å²) >= 11 is 6.21. The van der Waals surface area contributed by atoms with Crippen LogP contribution in [0.25, 0.3) is 10.8 Å². The Balaban J connectivity index is 1.42. The lowest BCUT2D eigenvalue weighted by atomic mass is 9.99. The van der Waals surface area contributed by atoms with E-state index >= 15 is 0 Å². The number of aromatic hydroxyl groups is 1. The largest absolute Gasteiger partial charge is 0.508 e. The van der Waals surface area contributed by atoms with Gasteiger partial charge in [-0.15, -0.1) is 0 Å². The number of fused-ring (bicyclic) bond motifs is 1. The van der Waals surface area contributed by atoms with Crippen molar-refractivity contribution in [2.24, 2.45) is 33.8 Å². The molecule has 30 heteroatoms. The first-order valence-electron chi connectivity index (χ1n) is 30.8. The van der Waals surface area contributed by atoms with Crippen LogP contribution in [0.4, 0.5) is 4.79 Å². The van der Waals surface area contributed by atoms with E-state index in [2.05, 4.69) is 63.1 Å². The van der Waals surface area contributed by atoms with Crippen LogP contribution in [-0.2, 0) is 73.6 Å². The Morgan fingerprint density at radius 1 is 0.505 bits per heavy atom. The highest BCUT2D eigenvalue weighted by molar-refractivity contribution is 6.30. The van der Waals surface area contributed by atoms with E-state index in [0.29, 0.717) is 27.3 Å². The molecule has 29 nitrogen and oxygen atoms in total. The first kappa shape index (κ1) is 75.3. The lowest BCUT2D eigenvalue weighted by Gasteiger charge is -2.28. The summed E-state index contributed by atoms with van der Waals surface area (Å²) in [6.07, 6.45) is 2.17. The normalized spacial score (nSPS) is 13.8. The summed E-state index contributed by atoms with van der Waals surface area (Å²) in [4.78, 5) is 159. The van der Waals surface area contributed by atoms with Gasteiger partial charge in [-0.05, 0) is 108 Å². The van der Waals surface area contributed by atoms with E-state index in [-0.39, 0.29) is 88.5 Å². The first-order chi connectivity index (χ1) is 45.2. The van der Waals surface area contributed by atoms with Gasteiger partial charge in [0.2, 0.25) is 59.1 Å². The Labute approximate surface area is 554 Å². The van der Waals surface area contributed by atoms with Gasteiger partial charge in [0.05, 0.1) is 6.61 Å². The molecule has 1 heterocycles. The van der Waals surface area contributed by atoms with Gasteiger partial charge in [-0.1, -0.05) is 98.2 Å². The summed E-state index contributed by atoms with van der Waals surface area (Å²) in [5, 5.41) is 49.1. The molecule has 0 saturated heterocycles. The molecule has 0 fully saturated rings. The number of benzene rings is 4. The maximum absolute atomic E-state index is 14.7. The van der Waals surface area contributed by atoms with Crippen LogP contribution in [0.3, 0.4) is 0 Å². The van der Waals surface area contributed by atoms with Crippen LogP contribution in [0.1, 0.15) is 82.1 Å². The topological polar surface area (TPSA) is 478 Å². The zero-order valence-electron chi connectivity index (χ0n) is 53.2. The number of hydrogen-bond acceptors (Lipinski definition) is 15. The van der Waals surface area contributed by atoms with Crippen molar-refractivity contribution in [3.8, 4) is 5.75 Å². The number of amides is 12. The van der Waals surface area contributed by atoms with Crippen LogP contribution < -0.4 is 76.1 Å². The number of nitrogens with two attached hydrogens (primary N) is 4. The Kier molecular flexibility index (Phi) is 30.1. The lowest BCUT2D eigenvalue weighted by molar-refractivity contribution is -0.136. The second-order valence-corrected chi connectivity index (χ2v) is 23.6. The number of halogens is 1. The molecule has 0 radical (unpaired) electrons. The number of aromatic nitrogens is 1. The Morgan fingerprint density at radius 3 is 1.47 bits per heavy atom. The number of hydrogen-bond donors (Lipinski definition) is 16. The maximum atomic E-state index is 14.7. The number of rotatable bonds is 37. The molecular weight excluding hydrogens is 1250 g/mol. The third kappa shape index (κ3) is 26.2. The summed E-state index contributed by atoms with van der Waals surface area (Å²) in [5.41, 5.74) is 23.7. The van der Waals surface area contributed by atoms with Gasteiger partial charge in [0, 0.05) is 63.1 Å². The van der Waals surface area contributed by atoms with Crippen molar-refractivity contribution in [1.29, 1.82) is 0 Å². The number of guanidine groups is 1. The highest BCUT2D eigenvalue weighted by Gasteiger charge is 2.36. The molecule has 9 atom stereocenters. The van der Waals surface area contributed by atoms with Crippen molar-refractivity contribution in [2.75, 3.05) is 19.7 Å². The van der Waals surface area contributed by atoms with Gasteiger partial charge in [-0.25, -0.2) is 4.79 Å². The first-order valence-corrected chi connectivity index (χ1v) is 31.1. The van der Waals surface area contributed by atoms with Crippen molar-refractivity contribution in [1.82, 2.24) is 58.2 Å². The van der Waals surface area contributed by atoms with Gasteiger partial charge in [-0.2, -0.15) is 0 Å². The molecule has 20 N–H and O–H groups in total. The van der Waals surface area contributed by atoms with E-state index in [9.17, 15) is 63.0 Å². The molecule has 5 aromatic rings. The summed E-state index contributed by atoms with van der Waals surface area (Å²) in [6.45, 7) is 5.02. The zero-order valence-corrected chi connectivity index (χ0v) is 54.0. The molecule has 0 aliphatic heterocycles. The van der Waals surface area contributed by atoms with Crippen molar-refractivity contribution >= 4 is 93.4 Å². The van der Waals surface area contributed by atoms with Crippen LogP contribution in [0, 0.1) is 5.92 Å². The average Bonchev–Trinajstić information content (AvgIpc) is 0.879. The van der Waals surface area contributed by atoms with E-state index in [4.69, 9.17) is 34.5 Å². The fourth-order valence-corrected chi connectivity index (χ4v) is 10.0. The zero-order chi connectivity index (χ0) is 69.7. The van der Waals surface area contributed by atoms with Crippen molar-refractivity contribution in [3.63, 3.8) is 0 Å². The molecule has 12 amide bonds. The SMILES string of the molecule is CC(=O)N[C@H](Cc1ccc2ccccc2c1)C(=O)N[C@H](Cc1ccc(Cl)cc1)C(=O)N[C@H](Cc1cccnc1)C(=O)N[C@@H](CO)C(=O)N[C@@H](Cc1ccc(O)cc1)C(=O)N[C@H](CCCNC(N)=O)C(=O)N[C@@H](CC(C)C)C(=O)N[C@@H](CCCN=C(N)N)C(=O)N[C@H](C)C(N)=O. The van der Waals surface area contributed by atoms with Crippen LogP contribution in [0.5, 0.6) is 5.75 Å². The Hall–Kier alpha value is -10.4. The molecule has 0 aliphatic rings. The second kappa shape index (κ2) is 37.9. The van der Waals surface area contributed by atoms with Gasteiger partial charge >= 0.3 is 6.03 Å². The number of urea groups is 1. The number of aliphatic hydroxyl groups excluding tert-OH is 1. The molecule has 4 aromatic carbocycles. The van der Waals surface area contributed by atoms with Crippen LogP contribution in [-0.4, -0.2) is 160 Å². The lowest BCUT2D eigenvalue weighted by Crippen LogP contribution is -2.61. The molecule has 0 saturated carbocycles. The minimum Gasteiger partial charge on any atom is -0.508 e. The minimum atomic E-state index is -1.84. The van der Waals surface area contributed by atoms with Crippen molar-refractivity contribution in [3.05, 3.63) is 143 Å². The van der Waals surface area contributed by atoms with Crippen LogP contribution in [0.15, 0.2) is 121 Å². The number of phenols is 1. The van der Waals surface area contributed by atoms with E-state index in [1.165, 1.54) is 50.5 Å². The van der Waals surface area contributed by atoms with E-state index < -0.39 is 126 Å².